The molecule has 0 aliphatic carbocycles. The van der Waals surface area contributed by atoms with Gasteiger partial charge in [-0.15, -0.1) is 0 Å². The summed E-state index contributed by atoms with van der Waals surface area (Å²) in [5, 5.41) is 0.998. The first-order valence-corrected chi connectivity index (χ1v) is 5.17. The number of hydrogen-bond donors (Lipinski definition) is 1. The molecule has 0 atom stereocenters. The van der Waals surface area contributed by atoms with Crippen LogP contribution in [-0.2, 0) is 0 Å². The van der Waals surface area contributed by atoms with Gasteiger partial charge in [-0.05, 0) is 31.5 Å². The summed E-state index contributed by atoms with van der Waals surface area (Å²) in [4.78, 5) is 14.4. The van der Waals surface area contributed by atoms with Crippen LogP contribution >= 0.6 is 15.9 Å². The van der Waals surface area contributed by atoms with Gasteiger partial charge < -0.3 is 4.98 Å². The molecule has 0 spiro atoms. The lowest BCUT2D eigenvalue weighted by Crippen LogP contribution is -1.89. The number of H-pyrrole nitrogens is 1. The Hall–Kier alpha value is -1.09. The molecule has 0 saturated heterocycles. The van der Waals surface area contributed by atoms with Gasteiger partial charge in [0, 0.05) is 27.1 Å². The zero-order valence-electron chi connectivity index (χ0n) is 8.02. The van der Waals surface area contributed by atoms with Crippen LogP contribution in [0.1, 0.15) is 22.8 Å². The Morgan fingerprint density at radius 3 is 2.79 bits per heavy atom. The first-order chi connectivity index (χ1) is 6.59. The monoisotopic (exact) mass is 251 g/mol. The largest absolute Gasteiger partial charge is 0.360 e. The van der Waals surface area contributed by atoms with Gasteiger partial charge in [0.25, 0.3) is 0 Å². The molecule has 2 nitrogen and oxygen atoms in total. The fourth-order valence-electron chi connectivity index (χ4n) is 1.54. The molecule has 0 fully saturated rings. The Balaban J connectivity index is 2.80. The molecule has 0 saturated carbocycles. The Labute approximate surface area is 90.4 Å². The SMILES string of the molecule is CC(=O)c1c[nH]c2cc(Br)c(C)cc12. The smallest absolute Gasteiger partial charge is 0.161 e. The maximum absolute atomic E-state index is 11.3. The minimum Gasteiger partial charge on any atom is -0.360 e. The predicted octanol–water partition coefficient (Wildman–Crippen LogP) is 3.44. The van der Waals surface area contributed by atoms with Crippen LogP contribution in [0.5, 0.6) is 0 Å². The maximum Gasteiger partial charge on any atom is 0.161 e. The van der Waals surface area contributed by atoms with Crippen molar-refractivity contribution in [2.24, 2.45) is 0 Å². The van der Waals surface area contributed by atoms with Crippen LogP contribution in [0.2, 0.25) is 0 Å². The first kappa shape index (κ1) is 9.46. The van der Waals surface area contributed by atoms with E-state index < -0.39 is 0 Å². The van der Waals surface area contributed by atoms with Gasteiger partial charge in [0.2, 0.25) is 0 Å². The minimum atomic E-state index is 0.0953. The fourth-order valence-corrected chi connectivity index (χ4v) is 1.89. The van der Waals surface area contributed by atoms with Crippen LogP contribution in [0.4, 0.5) is 0 Å². The van der Waals surface area contributed by atoms with Crippen molar-refractivity contribution in [2.75, 3.05) is 0 Å². The lowest BCUT2D eigenvalue weighted by molar-refractivity contribution is 0.101. The molecule has 3 heteroatoms. The first-order valence-electron chi connectivity index (χ1n) is 4.38. The van der Waals surface area contributed by atoms with Crippen LogP contribution in [0.25, 0.3) is 10.9 Å². The molecule has 14 heavy (non-hydrogen) atoms. The topological polar surface area (TPSA) is 32.9 Å². The summed E-state index contributed by atoms with van der Waals surface area (Å²) in [6.07, 6.45) is 1.76. The van der Waals surface area contributed by atoms with Gasteiger partial charge in [0.15, 0.2) is 5.78 Å². The number of nitrogens with one attached hydrogen (secondary N) is 1. The van der Waals surface area contributed by atoms with Gasteiger partial charge in [-0.25, -0.2) is 0 Å². The molecule has 1 heterocycles. The normalized spacial score (nSPS) is 10.8. The van der Waals surface area contributed by atoms with E-state index in [0.717, 1.165) is 26.5 Å². The van der Waals surface area contributed by atoms with E-state index in [1.165, 1.54) is 0 Å². The molecule has 0 aliphatic heterocycles. The van der Waals surface area contributed by atoms with Crippen molar-refractivity contribution in [1.82, 2.24) is 4.98 Å². The third kappa shape index (κ3) is 1.38. The Morgan fingerprint density at radius 2 is 2.14 bits per heavy atom. The van der Waals surface area contributed by atoms with Crippen molar-refractivity contribution in [3.63, 3.8) is 0 Å². The molecule has 1 aromatic carbocycles. The number of aromatic nitrogens is 1. The summed E-state index contributed by atoms with van der Waals surface area (Å²) in [6.45, 7) is 3.60. The van der Waals surface area contributed by atoms with E-state index in [1.807, 2.05) is 19.1 Å². The lowest BCUT2D eigenvalue weighted by Gasteiger charge is -1.99. The van der Waals surface area contributed by atoms with E-state index in [1.54, 1.807) is 13.1 Å². The number of aryl methyl sites for hydroxylation is 1. The van der Waals surface area contributed by atoms with E-state index in [4.69, 9.17) is 0 Å². The number of carbonyl (C=O) groups excluding carboxylic acids is 1. The van der Waals surface area contributed by atoms with Crippen LogP contribution in [0.3, 0.4) is 0 Å². The van der Waals surface area contributed by atoms with E-state index in [2.05, 4.69) is 20.9 Å². The highest BCUT2D eigenvalue weighted by Gasteiger charge is 2.08. The molecule has 0 radical (unpaired) electrons. The summed E-state index contributed by atoms with van der Waals surface area (Å²) in [6, 6.07) is 4.02. The summed E-state index contributed by atoms with van der Waals surface area (Å²) >= 11 is 3.46. The minimum absolute atomic E-state index is 0.0953. The standard InChI is InChI=1S/C11H10BrNO/c1-6-3-8-9(7(2)14)5-13-11(8)4-10(6)12/h3-5,13H,1-2H3. The molecular formula is C11H10BrNO. The summed E-state index contributed by atoms with van der Waals surface area (Å²) in [5.41, 5.74) is 2.89. The van der Waals surface area contributed by atoms with Crippen LogP contribution in [0, 0.1) is 6.92 Å². The second-order valence-electron chi connectivity index (χ2n) is 3.41. The summed E-state index contributed by atoms with van der Waals surface area (Å²) in [5.74, 6) is 0.0953. The van der Waals surface area contributed by atoms with Gasteiger partial charge in [0.05, 0.1) is 0 Å². The average molecular weight is 252 g/mol. The molecule has 72 valence electrons. The van der Waals surface area contributed by atoms with Crippen molar-refractivity contribution < 1.29 is 4.79 Å². The molecule has 0 unspecified atom stereocenters. The number of hydrogen-bond acceptors (Lipinski definition) is 1. The number of ketones is 1. The highest BCUT2D eigenvalue weighted by Crippen LogP contribution is 2.25. The average Bonchev–Trinajstić information content (AvgIpc) is 2.48. The van der Waals surface area contributed by atoms with E-state index >= 15 is 0 Å². The number of benzene rings is 1. The van der Waals surface area contributed by atoms with E-state index in [9.17, 15) is 4.79 Å². The highest BCUT2D eigenvalue weighted by molar-refractivity contribution is 9.10. The van der Waals surface area contributed by atoms with Gasteiger partial charge in [-0.3, -0.25) is 4.79 Å². The zero-order chi connectivity index (χ0) is 10.3. The van der Waals surface area contributed by atoms with Crippen molar-refractivity contribution in [1.29, 1.82) is 0 Å². The number of rotatable bonds is 1. The zero-order valence-corrected chi connectivity index (χ0v) is 9.60. The second-order valence-corrected chi connectivity index (χ2v) is 4.26. The van der Waals surface area contributed by atoms with Gasteiger partial charge in [0.1, 0.15) is 0 Å². The molecular weight excluding hydrogens is 242 g/mol. The number of halogens is 1. The quantitative estimate of drug-likeness (QED) is 0.775. The molecule has 2 aromatic rings. The number of fused-ring (bicyclic) bond motifs is 1. The molecule has 2 rings (SSSR count). The molecule has 0 aliphatic rings. The van der Waals surface area contributed by atoms with Crippen molar-refractivity contribution in [3.05, 3.63) is 33.9 Å². The Kier molecular flexibility index (Phi) is 2.19. The van der Waals surface area contributed by atoms with Gasteiger partial charge in [-0.2, -0.15) is 0 Å². The maximum atomic E-state index is 11.3. The second kappa shape index (κ2) is 3.24. The lowest BCUT2D eigenvalue weighted by atomic mass is 10.1. The van der Waals surface area contributed by atoms with Gasteiger partial charge >= 0.3 is 0 Å². The predicted molar refractivity (Wildman–Crippen MR) is 60.7 cm³/mol. The third-order valence-electron chi connectivity index (χ3n) is 2.34. The number of carbonyl (C=O) groups is 1. The Bertz CT molecular complexity index is 513. The molecule has 0 amide bonds. The molecule has 0 bridgehead atoms. The van der Waals surface area contributed by atoms with Crippen LogP contribution < -0.4 is 0 Å². The third-order valence-corrected chi connectivity index (χ3v) is 3.19. The van der Waals surface area contributed by atoms with Crippen LogP contribution in [-0.4, -0.2) is 10.8 Å². The molecule has 1 N–H and O–H groups in total. The number of aromatic amines is 1. The fraction of sp³-hybridized carbons (Fsp3) is 0.182. The Morgan fingerprint density at radius 1 is 1.43 bits per heavy atom. The van der Waals surface area contributed by atoms with E-state index in [-0.39, 0.29) is 5.78 Å². The number of Topliss-reactive ketones (excluding diaryl/α,β-unsaturated/α-hetero) is 1. The van der Waals surface area contributed by atoms with Gasteiger partial charge in [-0.1, -0.05) is 15.9 Å². The summed E-state index contributed by atoms with van der Waals surface area (Å²) < 4.78 is 1.06. The van der Waals surface area contributed by atoms with Crippen molar-refractivity contribution >= 4 is 32.6 Å². The van der Waals surface area contributed by atoms with Crippen molar-refractivity contribution in [3.8, 4) is 0 Å². The van der Waals surface area contributed by atoms with Crippen molar-refractivity contribution in [2.45, 2.75) is 13.8 Å². The van der Waals surface area contributed by atoms with Crippen LogP contribution in [0.15, 0.2) is 22.8 Å². The highest BCUT2D eigenvalue weighted by atomic mass is 79.9. The molecule has 1 aromatic heterocycles. The van der Waals surface area contributed by atoms with E-state index in [0.29, 0.717) is 0 Å². The summed E-state index contributed by atoms with van der Waals surface area (Å²) in [7, 11) is 0.